The van der Waals surface area contributed by atoms with Crippen molar-refractivity contribution < 1.29 is 9.47 Å². The van der Waals surface area contributed by atoms with E-state index in [1.165, 1.54) is 147 Å². The Morgan fingerprint density at radius 3 is 1.50 bits per heavy atom. The Kier molecular flexibility index (Phi) is 26.9. The van der Waals surface area contributed by atoms with Crippen molar-refractivity contribution in [2.24, 2.45) is 5.92 Å². The molecule has 0 amide bonds. The van der Waals surface area contributed by atoms with Gasteiger partial charge in [-0.25, -0.2) is 0 Å². The van der Waals surface area contributed by atoms with Crippen LogP contribution in [0.1, 0.15) is 198 Å². The van der Waals surface area contributed by atoms with Crippen LogP contribution < -0.4 is 9.47 Å². The lowest BCUT2D eigenvalue weighted by atomic mass is 10.0. The number of rotatable bonds is 33. The maximum atomic E-state index is 6.38. The van der Waals surface area contributed by atoms with Gasteiger partial charge in [-0.1, -0.05) is 211 Å². The van der Waals surface area contributed by atoms with Crippen molar-refractivity contribution >= 4 is 23.2 Å². The molecule has 0 aliphatic carbocycles. The summed E-state index contributed by atoms with van der Waals surface area (Å²) in [5.41, 5.74) is 3.59. The van der Waals surface area contributed by atoms with E-state index in [0.29, 0.717) is 0 Å². The lowest BCUT2D eigenvalue weighted by molar-refractivity contribution is 0.258. The van der Waals surface area contributed by atoms with E-state index in [2.05, 4.69) is 82.3 Å². The summed E-state index contributed by atoms with van der Waals surface area (Å²) in [6, 6.07) is 15.2. The van der Waals surface area contributed by atoms with Gasteiger partial charge >= 0.3 is 0 Å². The smallest absolute Gasteiger partial charge is 0.161 e. The van der Waals surface area contributed by atoms with Gasteiger partial charge in [0.25, 0.3) is 0 Å². The van der Waals surface area contributed by atoms with Gasteiger partial charge in [0.15, 0.2) is 11.5 Å². The monoisotopic (exact) mass is 705 g/mol. The maximum Gasteiger partial charge on any atom is 0.161 e. The summed E-state index contributed by atoms with van der Waals surface area (Å²) in [6.45, 7) is 10.7. The fourth-order valence-corrected chi connectivity index (χ4v) is 6.78. The molecule has 0 saturated carbocycles. The number of allylic oxidation sites excluding steroid dienone is 1. The summed E-state index contributed by atoms with van der Waals surface area (Å²) in [5.74, 6) is 2.49. The van der Waals surface area contributed by atoms with Crippen molar-refractivity contribution in [1.29, 1.82) is 0 Å². The summed E-state index contributed by atoms with van der Waals surface area (Å²) in [4.78, 5) is 0.860. The normalized spacial score (nSPS) is 11.5. The largest absolute Gasteiger partial charge is 0.490 e. The predicted octanol–water partition coefficient (Wildman–Crippen LogP) is 15.5. The number of unbranched alkanes of at least 4 members (excludes halogenated alkanes) is 20. The molecule has 0 N–H and O–H groups in total. The van der Waals surface area contributed by atoms with E-state index in [1.807, 2.05) is 0 Å². The molecular formula is C47H76O2S. The molecule has 0 aliphatic rings. The highest BCUT2D eigenvalue weighted by Crippen LogP contribution is 2.30. The Bertz CT molecular complexity index is 1120. The average molecular weight is 705 g/mol. The number of aryl methyl sites for hydroxylation is 1. The minimum atomic E-state index is 0.737. The van der Waals surface area contributed by atoms with Crippen molar-refractivity contribution in [2.45, 2.75) is 188 Å². The van der Waals surface area contributed by atoms with Crippen LogP contribution in [-0.4, -0.2) is 18.1 Å². The van der Waals surface area contributed by atoms with E-state index in [1.54, 1.807) is 0 Å². The summed E-state index contributed by atoms with van der Waals surface area (Å²) in [5, 5.41) is 0. The molecule has 0 atom stereocenters. The molecule has 2 nitrogen and oxygen atoms in total. The lowest BCUT2D eigenvalue weighted by Crippen LogP contribution is -2.03. The zero-order chi connectivity index (χ0) is 35.9. The van der Waals surface area contributed by atoms with Gasteiger partial charge in [-0.05, 0) is 66.5 Å². The molecular weight excluding hydrogens is 629 g/mol. The second-order valence-corrected chi connectivity index (χ2v) is 15.6. The molecule has 0 unspecified atom stereocenters. The molecule has 0 radical (unpaired) electrons. The Labute approximate surface area is 315 Å². The summed E-state index contributed by atoms with van der Waals surface area (Å²) in [6.07, 6.45) is 37.3. The Hall–Kier alpha value is -2.13. The first-order chi connectivity index (χ1) is 24.5. The molecule has 2 aromatic rings. The highest BCUT2D eigenvalue weighted by atomic mass is 32.1. The third-order valence-corrected chi connectivity index (χ3v) is 10.3. The molecule has 2 rings (SSSR count). The van der Waals surface area contributed by atoms with E-state index < -0.39 is 0 Å². The van der Waals surface area contributed by atoms with Crippen molar-refractivity contribution in [2.75, 3.05) is 13.2 Å². The van der Waals surface area contributed by atoms with Gasteiger partial charge in [0.2, 0.25) is 0 Å². The van der Waals surface area contributed by atoms with E-state index in [0.717, 1.165) is 65.9 Å². The first kappa shape index (κ1) is 44.0. The Balaban J connectivity index is 1.83. The van der Waals surface area contributed by atoms with Gasteiger partial charge in [0.1, 0.15) is 0 Å². The molecule has 0 bridgehead atoms. The molecule has 0 spiro atoms. The van der Waals surface area contributed by atoms with Crippen molar-refractivity contribution in [3.8, 4) is 11.5 Å². The van der Waals surface area contributed by atoms with Crippen LogP contribution in [0.3, 0.4) is 0 Å². The van der Waals surface area contributed by atoms with Crippen molar-refractivity contribution in [1.82, 2.24) is 0 Å². The molecule has 2 aromatic carbocycles. The number of ether oxygens (including phenoxy) is 2. The lowest BCUT2D eigenvalue weighted by Gasteiger charge is -2.14. The first-order valence-electron chi connectivity index (χ1n) is 21.2. The Morgan fingerprint density at radius 1 is 0.560 bits per heavy atom. The van der Waals surface area contributed by atoms with Crippen molar-refractivity contribution in [3.63, 3.8) is 0 Å². The highest BCUT2D eigenvalue weighted by molar-refractivity contribution is 7.81. The molecule has 50 heavy (non-hydrogen) atoms. The standard InChI is InChI=1S/C47H76O2S/c1-5-7-9-11-13-15-17-19-21-23-25-38-48-45-36-32-43(33-37-47(50)44-34-30-42(31-35-44)29-27-28-41(3)4)40-46(45)49-39-26-24-22-20-18-16-14-12-10-8-6-2/h30-37,40-41H,5-29,38-39H2,1-4H3. The van der Waals surface area contributed by atoms with E-state index >= 15 is 0 Å². The van der Waals surface area contributed by atoms with Crippen LogP contribution in [0.15, 0.2) is 48.5 Å². The molecule has 282 valence electrons. The predicted molar refractivity (Wildman–Crippen MR) is 225 cm³/mol. The molecule has 0 heterocycles. The van der Waals surface area contributed by atoms with Crippen LogP contribution >= 0.6 is 12.2 Å². The first-order valence-corrected chi connectivity index (χ1v) is 21.6. The fraction of sp³-hybridized carbons (Fsp3) is 0.681. The molecule has 3 heteroatoms. The van der Waals surface area contributed by atoms with E-state index in [9.17, 15) is 0 Å². The third-order valence-electron chi connectivity index (χ3n) is 9.89. The Morgan fingerprint density at radius 2 is 1.02 bits per heavy atom. The van der Waals surface area contributed by atoms with E-state index in [-0.39, 0.29) is 0 Å². The second kappa shape index (κ2) is 30.5. The topological polar surface area (TPSA) is 18.5 Å². The van der Waals surface area contributed by atoms with Crippen LogP contribution in [0.25, 0.3) is 6.08 Å². The zero-order valence-corrected chi connectivity index (χ0v) is 33.9. The van der Waals surface area contributed by atoms with Crippen LogP contribution in [0.4, 0.5) is 0 Å². The van der Waals surface area contributed by atoms with Gasteiger partial charge in [0, 0.05) is 4.86 Å². The summed E-state index contributed by atoms with van der Waals surface area (Å²) < 4.78 is 12.7. The fourth-order valence-electron chi connectivity index (χ4n) is 6.58. The average Bonchev–Trinajstić information content (AvgIpc) is 3.12. The quantitative estimate of drug-likeness (QED) is 0.0319. The number of hydrogen-bond acceptors (Lipinski definition) is 3. The van der Waals surface area contributed by atoms with E-state index in [4.69, 9.17) is 21.7 Å². The maximum absolute atomic E-state index is 6.38. The van der Waals surface area contributed by atoms with Crippen LogP contribution in [0, 0.1) is 5.92 Å². The third kappa shape index (κ3) is 22.6. The van der Waals surface area contributed by atoms with Crippen molar-refractivity contribution in [3.05, 3.63) is 65.2 Å². The number of benzene rings is 2. The SMILES string of the molecule is CCCCCCCCCCCCCOc1ccc(C=CC(=S)c2ccc(CCCC(C)C)cc2)cc1OCCCCCCCCCCCCC. The summed E-state index contributed by atoms with van der Waals surface area (Å²) in [7, 11) is 0. The summed E-state index contributed by atoms with van der Waals surface area (Å²) >= 11 is 5.80. The minimum absolute atomic E-state index is 0.737. The van der Waals surface area contributed by atoms with Crippen LogP contribution in [0.5, 0.6) is 11.5 Å². The van der Waals surface area contributed by atoms with Crippen LogP contribution in [0.2, 0.25) is 0 Å². The molecule has 0 saturated heterocycles. The van der Waals surface area contributed by atoms with Gasteiger partial charge in [-0.2, -0.15) is 0 Å². The van der Waals surface area contributed by atoms with Crippen LogP contribution in [-0.2, 0) is 6.42 Å². The number of hydrogen-bond donors (Lipinski definition) is 0. The van der Waals surface area contributed by atoms with Gasteiger partial charge < -0.3 is 9.47 Å². The van der Waals surface area contributed by atoms with Gasteiger partial charge in [0.05, 0.1) is 13.2 Å². The molecule has 0 fully saturated rings. The molecule has 0 aromatic heterocycles. The van der Waals surface area contributed by atoms with Gasteiger partial charge in [-0.3, -0.25) is 0 Å². The highest BCUT2D eigenvalue weighted by Gasteiger charge is 2.08. The zero-order valence-electron chi connectivity index (χ0n) is 33.1. The van der Waals surface area contributed by atoms with Gasteiger partial charge in [-0.15, -0.1) is 0 Å². The molecule has 0 aliphatic heterocycles. The second-order valence-electron chi connectivity index (χ2n) is 15.2. The number of thiocarbonyl (C=S) groups is 1. The minimum Gasteiger partial charge on any atom is -0.490 e.